The van der Waals surface area contributed by atoms with Crippen LogP contribution in [0.1, 0.15) is 24.1 Å². The lowest BCUT2D eigenvalue weighted by molar-refractivity contribution is 0.477. The number of nitrogens with zero attached hydrogens (tertiary/aromatic N) is 5. The Hall–Kier alpha value is -2.17. The number of hydrogen-bond acceptors (Lipinski definition) is 5. The lowest BCUT2D eigenvalue weighted by Crippen LogP contribution is -2.44. The predicted octanol–water partition coefficient (Wildman–Crippen LogP) is 2.59. The fourth-order valence-corrected chi connectivity index (χ4v) is 2.92. The van der Waals surface area contributed by atoms with Gasteiger partial charge in [-0.05, 0) is 50.5 Å². The van der Waals surface area contributed by atoms with Gasteiger partial charge in [0, 0.05) is 32.4 Å². The van der Waals surface area contributed by atoms with Crippen LogP contribution in [0.2, 0.25) is 0 Å². The van der Waals surface area contributed by atoms with E-state index >= 15 is 0 Å². The highest BCUT2D eigenvalue weighted by atomic mass is 15.3. The van der Waals surface area contributed by atoms with Gasteiger partial charge in [-0.2, -0.15) is 5.10 Å². The maximum absolute atomic E-state index is 4.44. The Kier molecular flexibility index (Phi) is 4.22. The quantitative estimate of drug-likeness (QED) is 0.871. The zero-order valence-corrected chi connectivity index (χ0v) is 13.5. The molecule has 22 heavy (non-hydrogen) atoms. The Balaban J connectivity index is 1.64. The molecule has 3 rings (SSSR count). The van der Waals surface area contributed by atoms with Crippen LogP contribution in [0.25, 0.3) is 0 Å². The zero-order chi connectivity index (χ0) is 15.5. The van der Waals surface area contributed by atoms with Gasteiger partial charge in [-0.15, -0.1) is 5.10 Å². The van der Waals surface area contributed by atoms with Crippen LogP contribution in [-0.2, 0) is 0 Å². The lowest BCUT2D eigenvalue weighted by Gasteiger charge is -2.37. The van der Waals surface area contributed by atoms with Gasteiger partial charge < -0.3 is 9.80 Å². The monoisotopic (exact) mass is 297 g/mol. The lowest BCUT2D eigenvalue weighted by atomic mass is 10.0. The van der Waals surface area contributed by atoms with E-state index in [-0.39, 0.29) is 0 Å². The average Bonchev–Trinajstić information content (AvgIpc) is 2.58. The Bertz CT molecular complexity index is 620. The maximum Gasteiger partial charge on any atom is 0.151 e. The first-order valence-electron chi connectivity index (χ1n) is 7.85. The summed E-state index contributed by atoms with van der Waals surface area (Å²) in [6, 6.07) is 8.74. The smallest absolute Gasteiger partial charge is 0.151 e. The first-order valence-corrected chi connectivity index (χ1v) is 7.85. The molecule has 0 aromatic carbocycles. The summed E-state index contributed by atoms with van der Waals surface area (Å²) in [5, 5.41) is 8.58. The summed E-state index contributed by atoms with van der Waals surface area (Å²) in [6.45, 7) is 6.12. The van der Waals surface area contributed by atoms with Crippen LogP contribution in [0.5, 0.6) is 0 Å². The molecule has 3 heterocycles. The van der Waals surface area contributed by atoms with E-state index in [0.29, 0.717) is 6.04 Å². The number of aromatic nitrogens is 3. The molecule has 5 heteroatoms. The minimum absolute atomic E-state index is 0.533. The standard InChI is InChI=1S/C17H23N5/c1-13-12-17(20-19-14(13)2)22-10-7-15(8-11-22)21(3)16-6-4-5-9-18-16/h4-6,9,12,15H,7-8,10-11H2,1-3H3. The van der Waals surface area contributed by atoms with E-state index in [4.69, 9.17) is 0 Å². The van der Waals surface area contributed by atoms with Crippen LogP contribution in [0.15, 0.2) is 30.5 Å². The summed E-state index contributed by atoms with van der Waals surface area (Å²) in [5.41, 5.74) is 2.21. The fourth-order valence-electron chi connectivity index (χ4n) is 2.92. The number of aryl methyl sites for hydroxylation is 2. The molecule has 1 aliphatic rings. The number of anilines is 2. The van der Waals surface area contributed by atoms with Gasteiger partial charge >= 0.3 is 0 Å². The third kappa shape index (κ3) is 3.03. The number of pyridine rings is 1. The highest BCUT2D eigenvalue weighted by molar-refractivity contribution is 5.43. The van der Waals surface area contributed by atoms with E-state index < -0.39 is 0 Å². The fraction of sp³-hybridized carbons (Fsp3) is 0.471. The van der Waals surface area contributed by atoms with Gasteiger partial charge in [0.15, 0.2) is 5.82 Å². The first kappa shape index (κ1) is 14.8. The molecule has 2 aromatic rings. The van der Waals surface area contributed by atoms with E-state index in [1.54, 1.807) is 0 Å². The molecule has 0 spiro atoms. The molecule has 116 valence electrons. The van der Waals surface area contributed by atoms with Crippen molar-refractivity contribution in [1.82, 2.24) is 15.2 Å². The Morgan fingerprint density at radius 3 is 2.55 bits per heavy atom. The van der Waals surface area contributed by atoms with Crippen LogP contribution in [0, 0.1) is 13.8 Å². The maximum atomic E-state index is 4.44. The molecule has 1 fully saturated rings. The molecule has 1 saturated heterocycles. The topological polar surface area (TPSA) is 45.2 Å². The summed E-state index contributed by atoms with van der Waals surface area (Å²) in [4.78, 5) is 9.07. The summed E-state index contributed by atoms with van der Waals surface area (Å²) < 4.78 is 0. The summed E-state index contributed by atoms with van der Waals surface area (Å²) in [7, 11) is 2.14. The molecule has 2 aromatic heterocycles. The Morgan fingerprint density at radius 1 is 1.14 bits per heavy atom. The Labute approximate surface area is 132 Å². The largest absolute Gasteiger partial charge is 0.357 e. The molecule has 5 nitrogen and oxygen atoms in total. The van der Waals surface area contributed by atoms with Crippen LogP contribution in [0.3, 0.4) is 0 Å². The molecule has 0 atom stereocenters. The molecular formula is C17H23N5. The molecule has 0 radical (unpaired) electrons. The van der Waals surface area contributed by atoms with E-state index in [2.05, 4.69) is 51.1 Å². The third-order valence-electron chi connectivity index (χ3n) is 4.57. The van der Waals surface area contributed by atoms with Crippen molar-refractivity contribution >= 4 is 11.6 Å². The van der Waals surface area contributed by atoms with Crippen molar-refractivity contribution in [2.75, 3.05) is 29.9 Å². The van der Waals surface area contributed by atoms with Crippen molar-refractivity contribution in [3.8, 4) is 0 Å². The zero-order valence-electron chi connectivity index (χ0n) is 13.5. The molecule has 0 saturated carbocycles. The Morgan fingerprint density at radius 2 is 1.91 bits per heavy atom. The number of rotatable bonds is 3. The molecule has 0 N–H and O–H groups in total. The summed E-state index contributed by atoms with van der Waals surface area (Å²) >= 11 is 0. The molecule has 1 aliphatic heterocycles. The van der Waals surface area contributed by atoms with Crippen LogP contribution >= 0.6 is 0 Å². The highest BCUT2D eigenvalue weighted by Crippen LogP contribution is 2.23. The predicted molar refractivity (Wildman–Crippen MR) is 89.4 cm³/mol. The van der Waals surface area contributed by atoms with Gasteiger partial charge in [0.2, 0.25) is 0 Å². The molecular weight excluding hydrogens is 274 g/mol. The van der Waals surface area contributed by atoms with E-state index in [1.165, 1.54) is 5.56 Å². The van der Waals surface area contributed by atoms with Gasteiger partial charge in [0.25, 0.3) is 0 Å². The van der Waals surface area contributed by atoms with Crippen LogP contribution in [-0.4, -0.2) is 41.4 Å². The number of hydrogen-bond donors (Lipinski definition) is 0. The van der Waals surface area contributed by atoms with Gasteiger partial charge in [0.05, 0.1) is 5.69 Å². The van der Waals surface area contributed by atoms with Crippen molar-refractivity contribution in [2.24, 2.45) is 0 Å². The highest BCUT2D eigenvalue weighted by Gasteiger charge is 2.24. The second-order valence-corrected chi connectivity index (χ2v) is 5.99. The van der Waals surface area contributed by atoms with Gasteiger partial charge in [-0.1, -0.05) is 6.07 Å². The molecule has 0 amide bonds. The molecule has 0 unspecified atom stereocenters. The minimum atomic E-state index is 0.533. The van der Waals surface area contributed by atoms with Gasteiger partial charge in [0.1, 0.15) is 5.82 Å². The van der Waals surface area contributed by atoms with Crippen molar-refractivity contribution in [3.05, 3.63) is 41.7 Å². The minimum Gasteiger partial charge on any atom is -0.357 e. The van der Waals surface area contributed by atoms with E-state index in [0.717, 1.165) is 43.3 Å². The van der Waals surface area contributed by atoms with Gasteiger partial charge in [-0.25, -0.2) is 4.98 Å². The van der Waals surface area contributed by atoms with Crippen molar-refractivity contribution < 1.29 is 0 Å². The SMILES string of the molecule is Cc1cc(N2CCC(N(C)c3ccccn3)CC2)nnc1C. The van der Waals surface area contributed by atoms with Crippen molar-refractivity contribution in [3.63, 3.8) is 0 Å². The summed E-state index contributed by atoms with van der Waals surface area (Å²) in [5.74, 6) is 2.05. The van der Waals surface area contributed by atoms with Crippen LogP contribution in [0.4, 0.5) is 11.6 Å². The first-order chi connectivity index (χ1) is 10.6. The van der Waals surface area contributed by atoms with E-state index in [1.807, 2.05) is 25.3 Å². The van der Waals surface area contributed by atoms with Crippen LogP contribution < -0.4 is 9.80 Å². The second kappa shape index (κ2) is 6.30. The van der Waals surface area contributed by atoms with E-state index in [9.17, 15) is 0 Å². The second-order valence-electron chi connectivity index (χ2n) is 5.99. The molecule has 0 bridgehead atoms. The summed E-state index contributed by atoms with van der Waals surface area (Å²) in [6.07, 6.45) is 4.08. The van der Waals surface area contributed by atoms with Gasteiger partial charge in [-0.3, -0.25) is 0 Å². The van der Waals surface area contributed by atoms with Crippen molar-refractivity contribution in [1.29, 1.82) is 0 Å². The average molecular weight is 297 g/mol. The normalized spacial score (nSPS) is 15.9. The molecule has 0 aliphatic carbocycles. The van der Waals surface area contributed by atoms with Crippen molar-refractivity contribution in [2.45, 2.75) is 32.7 Å². The third-order valence-corrected chi connectivity index (χ3v) is 4.57. The number of piperidine rings is 1.